The Kier molecular flexibility index (Phi) is 5.00. The molecule has 2 rings (SSSR count). The summed E-state index contributed by atoms with van der Waals surface area (Å²) in [5.41, 5.74) is 0.903. The lowest BCUT2D eigenvalue weighted by atomic mass is 10.2. The summed E-state index contributed by atoms with van der Waals surface area (Å²) in [6, 6.07) is 10.2. The van der Waals surface area contributed by atoms with Crippen molar-refractivity contribution in [3.63, 3.8) is 0 Å². The van der Waals surface area contributed by atoms with Crippen molar-refractivity contribution in [2.75, 3.05) is 6.61 Å². The molecule has 0 radical (unpaired) electrons. The van der Waals surface area contributed by atoms with Crippen molar-refractivity contribution < 1.29 is 18.7 Å². The van der Waals surface area contributed by atoms with E-state index in [0.717, 1.165) is 5.56 Å². The molecule has 5 nitrogen and oxygen atoms in total. The first-order chi connectivity index (χ1) is 10.0. The minimum absolute atomic E-state index is 0.0815. The lowest BCUT2D eigenvalue weighted by molar-refractivity contribution is -0.124. The Morgan fingerprint density at radius 1 is 1.19 bits per heavy atom. The predicted molar refractivity (Wildman–Crippen MR) is 77.0 cm³/mol. The molecule has 6 heteroatoms. The zero-order valence-corrected chi connectivity index (χ0v) is 12.1. The number of amides is 1. The Morgan fingerprint density at radius 3 is 2.52 bits per heavy atom. The van der Waals surface area contributed by atoms with Gasteiger partial charge in [0.25, 0.3) is 5.91 Å². The molecule has 1 amide bonds. The number of hydrogen-bond donors (Lipinski definition) is 1. The summed E-state index contributed by atoms with van der Waals surface area (Å²) in [5.74, 6) is -0.363. The number of carbonyl (C=O) groups is 2. The highest BCUT2D eigenvalue weighted by Gasteiger charge is 2.13. The molecule has 0 spiro atoms. The van der Waals surface area contributed by atoms with Crippen LogP contribution >= 0.6 is 11.6 Å². The van der Waals surface area contributed by atoms with Crippen LogP contribution in [0.25, 0.3) is 0 Å². The van der Waals surface area contributed by atoms with E-state index in [2.05, 4.69) is 5.32 Å². The van der Waals surface area contributed by atoms with Gasteiger partial charge >= 0.3 is 5.97 Å². The Bertz CT molecular complexity index is 633. The van der Waals surface area contributed by atoms with Crippen LogP contribution in [0.4, 0.5) is 0 Å². The smallest absolute Gasteiger partial charge is 0.374 e. The summed E-state index contributed by atoms with van der Waals surface area (Å²) in [6.45, 7) is 1.70. The lowest BCUT2D eigenvalue weighted by Crippen LogP contribution is -2.28. The molecule has 1 heterocycles. The maximum atomic E-state index is 11.6. The lowest BCUT2D eigenvalue weighted by Gasteiger charge is -2.06. The molecular weight excluding hydrogens is 294 g/mol. The van der Waals surface area contributed by atoms with Gasteiger partial charge in [0.15, 0.2) is 6.61 Å². The van der Waals surface area contributed by atoms with E-state index in [1.54, 1.807) is 37.3 Å². The number of hydrogen-bond acceptors (Lipinski definition) is 4. The number of rotatable bonds is 5. The van der Waals surface area contributed by atoms with Crippen LogP contribution in [-0.2, 0) is 16.1 Å². The fourth-order valence-electron chi connectivity index (χ4n) is 1.60. The van der Waals surface area contributed by atoms with Crippen molar-refractivity contribution in [1.82, 2.24) is 5.32 Å². The van der Waals surface area contributed by atoms with Gasteiger partial charge in [0, 0.05) is 11.6 Å². The summed E-state index contributed by atoms with van der Waals surface area (Å²) in [7, 11) is 0. The monoisotopic (exact) mass is 307 g/mol. The Balaban J connectivity index is 1.74. The van der Waals surface area contributed by atoms with Gasteiger partial charge in [0.2, 0.25) is 5.76 Å². The van der Waals surface area contributed by atoms with E-state index >= 15 is 0 Å². The van der Waals surface area contributed by atoms with Gasteiger partial charge in [-0.3, -0.25) is 4.79 Å². The maximum absolute atomic E-state index is 11.6. The number of esters is 1. The van der Waals surface area contributed by atoms with Crippen molar-refractivity contribution in [2.24, 2.45) is 0 Å². The first-order valence-corrected chi connectivity index (χ1v) is 6.67. The van der Waals surface area contributed by atoms with Gasteiger partial charge < -0.3 is 14.5 Å². The van der Waals surface area contributed by atoms with Gasteiger partial charge in [0.1, 0.15) is 5.76 Å². The number of halogens is 1. The average molecular weight is 308 g/mol. The van der Waals surface area contributed by atoms with Crippen LogP contribution in [0.3, 0.4) is 0 Å². The van der Waals surface area contributed by atoms with Gasteiger partial charge in [-0.05, 0) is 36.8 Å². The normalized spacial score (nSPS) is 10.2. The SMILES string of the molecule is Cc1ccc(C(=O)OCC(=O)NCc2ccc(Cl)cc2)o1. The number of nitrogens with one attached hydrogen (secondary N) is 1. The van der Waals surface area contributed by atoms with E-state index in [4.69, 9.17) is 20.8 Å². The zero-order valence-electron chi connectivity index (χ0n) is 11.4. The first-order valence-electron chi connectivity index (χ1n) is 6.29. The fourth-order valence-corrected chi connectivity index (χ4v) is 1.73. The van der Waals surface area contributed by atoms with Crippen molar-refractivity contribution in [2.45, 2.75) is 13.5 Å². The molecule has 2 aromatic rings. The molecule has 0 atom stereocenters. The summed E-state index contributed by atoms with van der Waals surface area (Å²) in [4.78, 5) is 23.1. The van der Waals surface area contributed by atoms with Gasteiger partial charge in [-0.2, -0.15) is 0 Å². The molecule has 1 aromatic carbocycles. The molecule has 110 valence electrons. The minimum Gasteiger partial charge on any atom is -0.454 e. The maximum Gasteiger partial charge on any atom is 0.374 e. The van der Waals surface area contributed by atoms with Crippen LogP contribution < -0.4 is 5.32 Å². The van der Waals surface area contributed by atoms with Crippen molar-refractivity contribution in [3.8, 4) is 0 Å². The Labute approximate surface area is 126 Å². The summed E-state index contributed by atoms with van der Waals surface area (Å²) in [5, 5.41) is 3.27. The predicted octanol–water partition coefficient (Wildman–Crippen LogP) is 2.71. The van der Waals surface area contributed by atoms with Crippen LogP contribution in [0.5, 0.6) is 0 Å². The number of furan rings is 1. The number of aryl methyl sites for hydroxylation is 1. The topological polar surface area (TPSA) is 68.5 Å². The minimum atomic E-state index is -0.662. The van der Waals surface area contributed by atoms with Gasteiger partial charge in [-0.15, -0.1) is 0 Å². The second-order valence-electron chi connectivity index (χ2n) is 4.39. The van der Waals surface area contributed by atoms with Gasteiger partial charge in [-0.1, -0.05) is 23.7 Å². The van der Waals surface area contributed by atoms with Gasteiger partial charge in [0.05, 0.1) is 0 Å². The Morgan fingerprint density at radius 2 is 1.90 bits per heavy atom. The van der Waals surface area contributed by atoms with Crippen LogP contribution in [-0.4, -0.2) is 18.5 Å². The molecule has 0 aliphatic carbocycles. The summed E-state index contributed by atoms with van der Waals surface area (Å²) < 4.78 is 9.94. The van der Waals surface area contributed by atoms with Crippen LogP contribution in [0.15, 0.2) is 40.8 Å². The summed E-state index contributed by atoms with van der Waals surface area (Å²) >= 11 is 5.77. The fraction of sp³-hybridized carbons (Fsp3) is 0.200. The first kappa shape index (κ1) is 15.1. The quantitative estimate of drug-likeness (QED) is 0.862. The largest absolute Gasteiger partial charge is 0.454 e. The van der Waals surface area contributed by atoms with Crippen molar-refractivity contribution in [1.29, 1.82) is 0 Å². The van der Waals surface area contributed by atoms with Crippen molar-refractivity contribution >= 4 is 23.5 Å². The zero-order chi connectivity index (χ0) is 15.2. The molecule has 1 aromatic heterocycles. The van der Waals surface area contributed by atoms with E-state index in [0.29, 0.717) is 17.3 Å². The van der Waals surface area contributed by atoms with E-state index in [9.17, 15) is 9.59 Å². The van der Waals surface area contributed by atoms with E-state index in [1.165, 1.54) is 6.07 Å². The van der Waals surface area contributed by atoms with Crippen molar-refractivity contribution in [3.05, 3.63) is 58.5 Å². The molecule has 0 unspecified atom stereocenters. The average Bonchev–Trinajstić information content (AvgIpc) is 2.91. The highest BCUT2D eigenvalue weighted by Crippen LogP contribution is 2.09. The Hall–Kier alpha value is -2.27. The van der Waals surface area contributed by atoms with E-state index in [1.807, 2.05) is 0 Å². The third kappa shape index (κ3) is 4.65. The molecule has 0 aliphatic rings. The second-order valence-corrected chi connectivity index (χ2v) is 4.83. The van der Waals surface area contributed by atoms with Crippen LogP contribution in [0, 0.1) is 6.92 Å². The molecule has 0 saturated heterocycles. The molecule has 0 saturated carbocycles. The molecule has 0 aliphatic heterocycles. The third-order valence-electron chi connectivity index (χ3n) is 2.68. The van der Waals surface area contributed by atoms with E-state index < -0.39 is 5.97 Å². The van der Waals surface area contributed by atoms with E-state index in [-0.39, 0.29) is 18.3 Å². The summed E-state index contributed by atoms with van der Waals surface area (Å²) in [6.07, 6.45) is 0. The molecule has 1 N–H and O–H groups in total. The molecule has 0 bridgehead atoms. The standard InChI is InChI=1S/C15H14ClNO4/c1-10-2-7-13(21-10)15(19)20-9-14(18)17-8-11-3-5-12(16)6-4-11/h2-7H,8-9H2,1H3,(H,17,18). The molecular formula is C15H14ClNO4. The highest BCUT2D eigenvalue weighted by molar-refractivity contribution is 6.30. The van der Waals surface area contributed by atoms with Crippen LogP contribution in [0.2, 0.25) is 5.02 Å². The third-order valence-corrected chi connectivity index (χ3v) is 2.93. The number of benzene rings is 1. The second kappa shape index (κ2) is 6.95. The molecule has 21 heavy (non-hydrogen) atoms. The van der Waals surface area contributed by atoms with Crippen LogP contribution in [0.1, 0.15) is 21.9 Å². The molecule has 0 fully saturated rings. The number of carbonyl (C=O) groups excluding carboxylic acids is 2. The highest BCUT2D eigenvalue weighted by atomic mass is 35.5. The van der Waals surface area contributed by atoms with Gasteiger partial charge in [-0.25, -0.2) is 4.79 Å². The number of ether oxygens (including phenoxy) is 1.